The molecule has 1 heterocycles. The van der Waals surface area contributed by atoms with Gasteiger partial charge in [-0.15, -0.1) is 0 Å². The Bertz CT molecular complexity index is 581. The lowest BCUT2D eigenvalue weighted by Gasteiger charge is -2.10. The minimum absolute atomic E-state index is 0.499. The van der Waals surface area contributed by atoms with Crippen LogP contribution < -0.4 is 16.0 Å². The Hall–Kier alpha value is -2.14. The van der Waals surface area contributed by atoms with Gasteiger partial charge in [0, 0.05) is 12.5 Å². The minimum Gasteiger partial charge on any atom is -0.439 e. The molecular formula is C16H22N4O. The number of anilines is 1. The van der Waals surface area contributed by atoms with Gasteiger partial charge in [0.15, 0.2) is 0 Å². The lowest BCUT2D eigenvalue weighted by Crippen LogP contribution is -2.10. The predicted molar refractivity (Wildman–Crippen MR) is 84.4 cm³/mol. The number of aromatic nitrogens is 2. The van der Waals surface area contributed by atoms with E-state index in [9.17, 15) is 0 Å². The van der Waals surface area contributed by atoms with E-state index < -0.39 is 0 Å². The molecule has 5 nitrogen and oxygen atoms in total. The van der Waals surface area contributed by atoms with Crippen LogP contribution in [0.25, 0.3) is 0 Å². The summed E-state index contributed by atoms with van der Waals surface area (Å²) in [4.78, 5) is 8.69. The first-order valence-corrected chi connectivity index (χ1v) is 7.24. The van der Waals surface area contributed by atoms with Crippen molar-refractivity contribution >= 4 is 5.82 Å². The van der Waals surface area contributed by atoms with Gasteiger partial charge in [0.1, 0.15) is 17.4 Å². The fourth-order valence-corrected chi connectivity index (χ4v) is 1.98. The standard InChI is InChI=1S/C16H22N4O/c1-4-5-14-18-15(20-17)10-16(19-14)21-13-8-6-12(7-9-13)11(2)3/h6-11H,4-5,17H2,1-3H3,(H,18,19,20). The molecule has 2 aromatic rings. The molecule has 21 heavy (non-hydrogen) atoms. The molecule has 0 radical (unpaired) electrons. The number of hydrazine groups is 1. The van der Waals surface area contributed by atoms with E-state index in [2.05, 4.69) is 48.3 Å². The van der Waals surface area contributed by atoms with Crippen molar-refractivity contribution in [3.63, 3.8) is 0 Å². The van der Waals surface area contributed by atoms with Gasteiger partial charge in [-0.05, 0) is 30.0 Å². The summed E-state index contributed by atoms with van der Waals surface area (Å²) in [6.45, 7) is 6.41. The molecule has 0 fully saturated rings. The summed E-state index contributed by atoms with van der Waals surface area (Å²) in [5.41, 5.74) is 3.82. The molecule has 0 amide bonds. The van der Waals surface area contributed by atoms with Crippen molar-refractivity contribution in [1.82, 2.24) is 9.97 Å². The van der Waals surface area contributed by atoms with Gasteiger partial charge in [0.2, 0.25) is 5.88 Å². The summed E-state index contributed by atoms with van der Waals surface area (Å²) in [5.74, 6) is 8.47. The number of aryl methyl sites for hydroxylation is 1. The van der Waals surface area contributed by atoms with Crippen LogP contribution in [0.1, 0.15) is 44.5 Å². The number of nitrogens with two attached hydrogens (primary N) is 1. The van der Waals surface area contributed by atoms with Crippen molar-refractivity contribution < 1.29 is 4.74 Å². The lowest BCUT2D eigenvalue weighted by molar-refractivity contribution is 0.458. The van der Waals surface area contributed by atoms with Gasteiger partial charge in [-0.3, -0.25) is 0 Å². The van der Waals surface area contributed by atoms with E-state index in [1.165, 1.54) is 5.56 Å². The first-order chi connectivity index (χ1) is 10.1. The first-order valence-electron chi connectivity index (χ1n) is 7.24. The minimum atomic E-state index is 0.499. The van der Waals surface area contributed by atoms with E-state index in [1.807, 2.05) is 12.1 Å². The van der Waals surface area contributed by atoms with Crippen molar-refractivity contribution in [3.8, 4) is 11.6 Å². The molecule has 0 saturated carbocycles. The third kappa shape index (κ3) is 4.16. The van der Waals surface area contributed by atoms with E-state index in [1.54, 1.807) is 6.07 Å². The van der Waals surface area contributed by atoms with Gasteiger partial charge in [0.05, 0.1) is 0 Å². The fourth-order valence-electron chi connectivity index (χ4n) is 1.98. The number of hydrogen-bond donors (Lipinski definition) is 2. The summed E-state index contributed by atoms with van der Waals surface area (Å²) in [6, 6.07) is 9.72. The third-order valence-corrected chi connectivity index (χ3v) is 3.14. The smallest absolute Gasteiger partial charge is 0.224 e. The summed E-state index contributed by atoms with van der Waals surface area (Å²) in [5, 5.41) is 0. The fraction of sp³-hybridized carbons (Fsp3) is 0.375. The number of hydrogen-bond acceptors (Lipinski definition) is 5. The molecule has 0 unspecified atom stereocenters. The highest BCUT2D eigenvalue weighted by molar-refractivity contribution is 5.39. The van der Waals surface area contributed by atoms with E-state index in [4.69, 9.17) is 10.6 Å². The van der Waals surface area contributed by atoms with Crippen LogP contribution in [-0.4, -0.2) is 9.97 Å². The number of nitrogen functional groups attached to an aromatic ring is 1. The van der Waals surface area contributed by atoms with Crippen molar-refractivity contribution in [3.05, 3.63) is 41.7 Å². The lowest BCUT2D eigenvalue weighted by atomic mass is 10.0. The molecule has 0 aliphatic carbocycles. The average Bonchev–Trinajstić information content (AvgIpc) is 2.48. The summed E-state index contributed by atoms with van der Waals surface area (Å²) >= 11 is 0. The van der Waals surface area contributed by atoms with Crippen molar-refractivity contribution in [2.75, 3.05) is 5.43 Å². The first kappa shape index (κ1) is 15.3. The van der Waals surface area contributed by atoms with E-state index >= 15 is 0 Å². The summed E-state index contributed by atoms with van der Waals surface area (Å²) in [6.07, 6.45) is 1.76. The zero-order valence-corrected chi connectivity index (χ0v) is 12.8. The number of rotatable bonds is 6. The van der Waals surface area contributed by atoms with Crippen LogP contribution in [0, 0.1) is 0 Å². The SMILES string of the molecule is CCCc1nc(NN)cc(Oc2ccc(C(C)C)cc2)n1. The number of ether oxygens (including phenoxy) is 1. The second kappa shape index (κ2) is 7.04. The highest BCUT2D eigenvalue weighted by Crippen LogP contribution is 2.24. The number of nitrogens with zero attached hydrogens (tertiary/aromatic N) is 2. The maximum Gasteiger partial charge on any atom is 0.224 e. The van der Waals surface area contributed by atoms with E-state index in [-0.39, 0.29) is 0 Å². The summed E-state index contributed by atoms with van der Waals surface area (Å²) in [7, 11) is 0. The molecule has 112 valence electrons. The molecule has 0 spiro atoms. The van der Waals surface area contributed by atoms with Crippen LogP contribution in [-0.2, 0) is 6.42 Å². The molecule has 1 aromatic heterocycles. The monoisotopic (exact) mass is 286 g/mol. The zero-order chi connectivity index (χ0) is 15.2. The molecule has 5 heteroatoms. The predicted octanol–water partition coefficient (Wildman–Crippen LogP) is 3.63. The topological polar surface area (TPSA) is 73.1 Å². The van der Waals surface area contributed by atoms with Crippen LogP contribution in [0.15, 0.2) is 30.3 Å². The summed E-state index contributed by atoms with van der Waals surface area (Å²) < 4.78 is 5.80. The molecular weight excluding hydrogens is 264 g/mol. The zero-order valence-electron chi connectivity index (χ0n) is 12.8. The highest BCUT2D eigenvalue weighted by atomic mass is 16.5. The van der Waals surface area contributed by atoms with Gasteiger partial charge < -0.3 is 10.2 Å². The Labute approximate surface area is 125 Å². The largest absolute Gasteiger partial charge is 0.439 e. The Morgan fingerprint density at radius 3 is 2.48 bits per heavy atom. The number of nitrogens with one attached hydrogen (secondary N) is 1. The Balaban J connectivity index is 2.19. The normalized spacial score (nSPS) is 10.7. The van der Waals surface area contributed by atoms with Crippen molar-refractivity contribution in [2.24, 2.45) is 5.84 Å². The molecule has 2 rings (SSSR count). The molecule has 3 N–H and O–H groups in total. The van der Waals surface area contributed by atoms with Crippen molar-refractivity contribution in [1.29, 1.82) is 0 Å². The van der Waals surface area contributed by atoms with Crippen LogP contribution >= 0.6 is 0 Å². The Kier molecular flexibility index (Phi) is 5.11. The van der Waals surface area contributed by atoms with Gasteiger partial charge in [-0.1, -0.05) is 32.9 Å². The molecule has 0 aliphatic rings. The second-order valence-corrected chi connectivity index (χ2v) is 5.23. The highest BCUT2D eigenvalue weighted by Gasteiger charge is 2.06. The average molecular weight is 286 g/mol. The van der Waals surface area contributed by atoms with Gasteiger partial charge in [-0.25, -0.2) is 10.8 Å². The molecule has 0 bridgehead atoms. The van der Waals surface area contributed by atoms with Gasteiger partial charge in [-0.2, -0.15) is 4.98 Å². The molecule has 1 aromatic carbocycles. The van der Waals surface area contributed by atoms with Crippen LogP contribution in [0.3, 0.4) is 0 Å². The van der Waals surface area contributed by atoms with E-state index in [0.717, 1.165) is 24.4 Å². The Morgan fingerprint density at radius 2 is 1.90 bits per heavy atom. The number of benzene rings is 1. The molecule has 0 aliphatic heterocycles. The molecule has 0 saturated heterocycles. The maximum absolute atomic E-state index is 5.80. The Morgan fingerprint density at radius 1 is 1.19 bits per heavy atom. The van der Waals surface area contributed by atoms with Crippen LogP contribution in [0.4, 0.5) is 5.82 Å². The quantitative estimate of drug-likeness (QED) is 0.626. The van der Waals surface area contributed by atoms with Crippen LogP contribution in [0.5, 0.6) is 11.6 Å². The third-order valence-electron chi connectivity index (χ3n) is 3.14. The maximum atomic E-state index is 5.80. The van der Waals surface area contributed by atoms with E-state index in [0.29, 0.717) is 17.6 Å². The van der Waals surface area contributed by atoms with Crippen LogP contribution in [0.2, 0.25) is 0 Å². The van der Waals surface area contributed by atoms with Crippen molar-refractivity contribution in [2.45, 2.75) is 39.5 Å². The van der Waals surface area contributed by atoms with Gasteiger partial charge in [0.25, 0.3) is 0 Å². The molecule has 0 atom stereocenters. The van der Waals surface area contributed by atoms with Gasteiger partial charge >= 0.3 is 0 Å². The second-order valence-electron chi connectivity index (χ2n) is 5.23.